The van der Waals surface area contributed by atoms with E-state index in [-0.39, 0.29) is 18.2 Å². The van der Waals surface area contributed by atoms with E-state index in [2.05, 4.69) is 10.2 Å². The summed E-state index contributed by atoms with van der Waals surface area (Å²) in [6.07, 6.45) is 2.62. The molecule has 1 aromatic heterocycles. The summed E-state index contributed by atoms with van der Waals surface area (Å²) in [6.45, 7) is 2.23. The summed E-state index contributed by atoms with van der Waals surface area (Å²) in [5, 5.41) is 6.43. The van der Waals surface area contributed by atoms with E-state index in [1.165, 1.54) is 0 Å². The van der Waals surface area contributed by atoms with Crippen LogP contribution >= 0.6 is 0 Å². The van der Waals surface area contributed by atoms with Crippen molar-refractivity contribution in [1.29, 1.82) is 0 Å². The predicted molar refractivity (Wildman–Crippen MR) is 49.9 cm³/mol. The van der Waals surface area contributed by atoms with Gasteiger partial charge in [0.15, 0.2) is 0 Å². The molecule has 1 aliphatic heterocycles. The quantitative estimate of drug-likeness (QED) is 0.701. The van der Waals surface area contributed by atoms with Gasteiger partial charge in [0, 0.05) is 12.7 Å². The lowest BCUT2D eigenvalue weighted by Crippen LogP contribution is -2.36. The fraction of sp³-hybridized carbons (Fsp3) is 0.500. The van der Waals surface area contributed by atoms with Crippen molar-refractivity contribution in [1.82, 2.24) is 10.2 Å². The second kappa shape index (κ2) is 3.30. The largest absolute Gasteiger partial charge is 0.442 e. The minimum Gasteiger partial charge on any atom is -0.442 e. The maximum absolute atomic E-state index is 11.5. The van der Waals surface area contributed by atoms with Crippen LogP contribution in [0.4, 0.5) is 10.5 Å². The zero-order valence-electron chi connectivity index (χ0n) is 7.80. The Kier molecular flexibility index (Phi) is 2.12. The van der Waals surface area contributed by atoms with Crippen molar-refractivity contribution in [3.8, 4) is 0 Å². The van der Waals surface area contributed by atoms with Crippen LogP contribution < -0.4 is 10.6 Å². The van der Waals surface area contributed by atoms with Gasteiger partial charge in [-0.1, -0.05) is 0 Å². The average molecular weight is 196 g/mol. The molecule has 0 bridgehead atoms. The molecular weight excluding hydrogens is 184 g/mol. The number of nitrogens with two attached hydrogens (primary N) is 1. The number of hydrogen-bond acceptors (Lipinski definition) is 4. The van der Waals surface area contributed by atoms with Gasteiger partial charge in [0.2, 0.25) is 0 Å². The van der Waals surface area contributed by atoms with Crippen molar-refractivity contribution in [3.63, 3.8) is 0 Å². The third-order valence-electron chi connectivity index (χ3n) is 2.39. The molecule has 14 heavy (non-hydrogen) atoms. The molecular formula is C8H12N4O2. The Morgan fingerprint density at radius 2 is 2.57 bits per heavy atom. The number of hydrogen-bond donors (Lipinski definition) is 2. The van der Waals surface area contributed by atoms with E-state index in [0.29, 0.717) is 12.2 Å². The van der Waals surface area contributed by atoms with Crippen LogP contribution in [0.1, 0.15) is 6.92 Å². The molecule has 1 aromatic rings. The number of rotatable bonds is 2. The Morgan fingerprint density at radius 3 is 3.07 bits per heavy atom. The molecule has 0 saturated carbocycles. The van der Waals surface area contributed by atoms with Crippen molar-refractivity contribution in [2.24, 2.45) is 5.73 Å². The van der Waals surface area contributed by atoms with Gasteiger partial charge in [-0.25, -0.2) is 4.79 Å². The van der Waals surface area contributed by atoms with Gasteiger partial charge >= 0.3 is 6.09 Å². The van der Waals surface area contributed by atoms with E-state index in [1.807, 2.05) is 6.92 Å². The highest BCUT2D eigenvalue weighted by Gasteiger charge is 2.39. The summed E-state index contributed by atoms with van der Waals surface area (Å²) in [7, 11) is 0. The monoisotopic (exact) mass is 196 g/mol. The lowest BCUT2D eigenvalue weighted by atomic mass is 10.2. The maximum atomic E-state index is 11.5. The Morgan fingerprint density at radius 1 is 1.79 bits per heavy atom. The molecule has 6 heteroatoms. The minimum atomic E-state index is -0.366. The normalized spacial score (nSPS) is 26.7. The molecule has 0 spiro atoms. The van der Waals surface area contributed by atoms with Crippen molar-refractivity contribution in [2.45, 2.75) is 19.1 Å². The molecule has 1 aliphatic rings. The standard InChI is InChI=1S/C8H12N4O2/c1-5-7(2-9)14-8(13)12(5)6-3-10-11-4-6/h3-5,7H,2,9H2,1H3,(H,10,11). The van der Waals surface area contributed by atoms with Crippen LogP contribution in [0, 0.1) is 0 Å². The number of ether oxygens (including phenoxy) is 1. The van der Waals surface area contributed by atoms with Gasteiger partial charge in [0.05, 0.1) is 17.9 Å². The molecule has 2 unspecified atom stereocenters. The molecule has 0 aliphatic carbocycles. The molecule has 1 saturated heterocycles. The Bertz CT molecular complexity index is 324. The third kappa shape index (κ3) is 1.24. The molecule has 6 nitrogen and oxygen atoms in total. The molecule has 0 radical (unpaired) electrons. The van der Waals surface area contributed by atoms with E-state index in [1.54, 1.807) is 17.3 Å². The average Bonchev–Trinajstić information content (AvgIpc) is 2.74. The van der Waals surface area contributed by atoms with Crippen LogP contribution in [0.5, 0.6) is 0 Å². The fourth-order valence-corrected chi connectivity index (χ4v) is 1.58. The molecule has 2 heterocycles. The second-order valence-electron chi connectivity index (χ2n) is 3.23. The van der Waals surface area contributed by atoms with Crippen molar-refractivity contribution >= 4 is 11.8 Å². The van der Waals surface area contributed by atoms with Gasteiger partial charge in [-0.3, -0.25) is 10.00 Å². The number of anilines is 1. The minimum absolute atomic E-state index is 0.0508. The summed E-state index contributed by atoms with van der Waals surface area (Å²) >= 11 is 0. The molecule has 0 aromatic carbocycles. The van der Waals surface area contributed by atoms with Gasteiger partial charge in [-0.05, 0) is 6.92 Å². The van der Waals surface area contributed by atoms with Crippen LogP contribution in [0.15, 0.2) is 12.4 Å². The number of H-pyrrole nitrogens is 1. The predicted octanol–water partition coefficient (Wildman–Crippen LogP) is 0.0821. The highest BCUT2D eigenvalue weighted by molar-refractivity contribution is 5.90. The summed E-state index contributed by atoms with van der Waals surface area (Å²) < 4.78 is 5.08. The first kappa shape index (κ1) is 9.01. The van der Waals surface area contributed by atoms with Gasteiger partial charge in [-0.15, -0.1) is 0 Å². The number of cyclic esters (lactones) is 1. The van der Waals surface area contributed by atoms with Crippen LogP contribution in [0.25, 0.3) is 0 Å². The van der Waals surface area contributed by atoms with Crippen LogP contribution in [0.2, 0.25) is 0 Å². The number of nitrogens with zero attached hydrogens (tertiary/aromatic N) is 2. The lowest BCUT2D eigenvalue weighted by molar-refractivity contribution is 0.137. The summed E-state index contributed by atoms with van der Waals surface area (Å²) in [5.41, 5.74) is 6.18. The van der Waals surface area contributed by atoms with E-state index in [4.69, 9.17) is 10.5 Å². The smallest absolute Gasteiger partial charge is 0.415 e. The Hall–Kier alpha value is -1.56. The van der Waals surface area contributed by atoms with Gasteiger partial charge in [-0.2, -0.15) is 5.10 Å². The fourth-order valence-electron chi connectivity index (χ4n) is 1.58. The second-order valence-corrected chi connectivity index (χ2v) is 3.23. The van der Waals surface area contributed by atoms with Crippen molar-refractivity contribution in [2.75, 3.05) is 11.4 Å². The van der Waals surface area contributed by atoms with Gasteiger partial charge < -0.3 is 10.5 Å². The van der Waals surface area contributed by atoms with E-state index >= 15 is 0 Å². The zero-order chi connectivity index (χ0) is 10.1. The van der Waals surface area contributed by atoms with Crippen molar-refractivity contribution < 1.29 is 9.53 Å². The van der Waals surface area contributed by atoms with Crippen LogP contribution in [-0.4, -0.2) is 35.0 Å². The number of aromatic nitrogens is 2. The van der Waals surface area contributed by atoms with Gasteiger partial charge in [0.25, 0.3) is 0 Å². The lowest BCUT2D eigenvalue weighted by Gasteiger charge is -2.17. The molecule has 3 N–H and O–H groups in total. The summed E-state index contributed by atoms with van der Waals surface area (Å²) in [6, 6.07) is -0.0508. The van der Waals surface area contributed by atoms with Crippen LogP contribution in [0.3, 0.4) is 0 Å². The molecule has 76 valence electrons. The first-order valence-corrected chi connectivity index (χ1v) is 4.42. The first-order valence-electron chi connectivity index (χ1n) is 4.42. The zero-order valence-corrected chi connectivity index (χ0v) is 7.80. The first-order chi connectivity index (χ1) is 6.74. The third-order valence-corrected chi connectivity index (χ3v) is 2.39. The topological polar surface area (TPSA) is 84.2 Å². The maximum Gasteiger partial charge on any atom is 0.415 e. The molecule has 2 rings (SSSR count). The summed E-state index contributed by atoms with van der Waals surface area (Å²) in [5.74, 6) is 0. The van der Waals surface area contributed by atoms with E-state index in [0.717, 1.165) is 0 Å². The molecule has 2 atom stereocenters. The van der Waals surface area contributed by atoms with E-state index in [9.17, 15) is 4.79 Å². The number of carbonyl (C=O) groups is 1. The van der Waals surface area contributed by atoms with E-state index < -0.39 is 0 Å². The number of amides is 1. The molecule has 1 amide bonds. The summed E-state index contributed by atoms with van der Waals surface area (Å²) in [4.78, 5) is 13.0. The highest BCUT2D eigenvalue weighted by atomic mass is 16.6. The number of nitrogens with one attached hydrogen (secondary N) is 1. The van der Waals surface area contributed by atoms with Crippen molar-refractivity contribution in [3.05, 3.63) is 12.4 Å². The Balaban J connectivity index is 2.24. The Labute approximate surface area is 81.0 Å². The molecule has 1 fully saturated rings. The number of carbonyl (C=O) groups excluding carboxylic acids is 1. The number of aromatic amines is 1. The SMILES string of the molecule is CC1C(CN)OC(=O)N1c1cn[nH]c1. The van der Waals surface area contributed by atoms with Gasteiger partial charge in [0.1, 0.15) is 6.10 Å². The van der Waals surface area contributed by atoms with Crippen LogP contribution in [-0.2, 0) is 4.74 Å². The highest BCUT2D eigenvalue weighted by Crippen LogP contribution is 2.25.